The predicted molar refractivity (Wildman–Crippen MR) is 79.8 cm³/mol. The Kier molecular flexibility index (Phi) is 5.03. The molecule has 1 aliphatic heterocycles. The molecule has 0 amide bonds. The van der Waals surface area contributed by atoms with Crippen LogP contribution in [-0.2, 0) is 14.8 Å². The van der Waals surface area contributed by atoms with E-state index in [-0.39, 0.29) is 26.9 Å². The van der Waals surface area contributed by atoms with Gasteiger partial charge in [-0.3, -0.25) is 0 Å². The molecule has 6 nitrogen and oxygen atoms in total. The van der Waals surface area contributed by atoms with Gasteiger partial charge >= 0.3 is 5.97 Å². The molecular formula is C13H16BrNO5S. The van der Waals surface area contributed by atoms with E-state index in [4.69, 9.17) is 9.84 Å². The summed E-state index contributed by atoms with van der Waals surface area (Å²) in [5.74, 6) is -0.957. The van der Waals surface area contributed by atoms with Gasteiger partial charge in [-0.2, -0.15) is 0 Å². The normalized spacial score (nSPS) is 20.4. The number of aromatic carboxylic acids is 1. The number of carboxylic acid groups (broad SMARTS) is 1. The van der Waals surface area contributed by atoms with Crippen molar-refractivity contribution in [2.45, 2.75) is 24.3 Å². The summed E-state index contributed by atoms with van der Waals surface area (Å²) in [7, 11) is -3.72. The fourth-order valence-corrected chi connectivity index (χ4v) is 4.59. The molecule has 116 valence electrons. The molecule has 1 saturated heterocycles. The summed E-state index contributed by atoms with van der Waals surface area (Å²) in [6.07, 6.45) is 0.822. The Bertz CT molecular complexity index is 640. The molecule has 0 aliphatic carbocycles. The molecule has 2 rings (SSSR count). The van der Waals surface area contributed by atoms with Crippen molar-refractivity contribution >= 4 is 31.9 Å². The van der Waals surface area contributed by atoms with Crippen LogP contribution in [0.1, 0.15) is 23.7 Å². The van der Waals surface area contributed by atoms with Gasteiger partial charge in [0.25, 0.3) is 0 Å². The number of halogens is 1. The molecule has 1 aliphatic rings. The summed E-state index contributed by atoms with van der Waals surface area (Å²) in [4.78, 5) is 10.9. The van der Waals surface area contributed by atoms with Gasteiger partial charge in [-0.1, -0.05) is 0 Å². The highest BCUT2D eigenvalue weighted by Gasteiger charge is 2.28. The molecule has 0 spiro atoms. The van der Waals surface area contributed by atoms with Gasteiger partial charge in [0.15, 0.2) is 0 Å². The first-order valence-electron chi connectivity index (χ1n) is 6.44. The van der Waals surface area contributed by atoms with Crippen LogP contribution >= 0.6 is 15.9 Å². The summed E-state index contributed by atoms with van der Waals surface area (Å²) in [5, 5.41) is 8.89. The van der Waals surface area contributed by atoms with E-state index >= 15 is 0 Å². The minimum atomic E-state index is -3.72. The maximum Gasteiger partial charge on any atom is 0.335 e. The van der Waals surface area contributed by atoms with Crippen LogP contribution in [0.15, 0.2) is 27.6 Å². The smallest absolute Gasteiger partial charge is 0.335 e. The van der Waals surface area contributed by atoms with Crippen molar-refractivity contribution < 1.29 is 23.1 Å². The van der Waals surface area contributed by atoms with Crippen LogP contribution in [0.25, 0.3) is 0 Å². The summed E-state index contributed by atoms with van der Waals surface area (Å²) >= 11 is 3.12. The first kappa shape index (κ1) is 16.4. The highest BCUT2D eigenvalue weighted by atomic mass is 79.9. The number of rotatable bonds is 5. The lowest BCUT2D eigenvalue weighted by molar-refractivity contribution is 0.0696. The molecule has 2 atom stereocenters. The molecule has 1 aromatic rings. The second-order valence-corrected chi connectivity index (χ2v) is 7.52. The van der Waals surface area contributed by atoms with Crippen LogP contribution < -0.4 is 4.72 Å². The van der Waals surface area contributed by atoms with Crippen LogP contribution in [-0.4, -0.2) is 38.7 Å². The fourth-order valence-electron chi connectivity index (χ4n) is 2.20. The molecular weight excluding hydrogens is 362 g/mol. The number of hydrogen-bond acceptors (Lipinski definition) is 4. The van der Waals surface area contributed by atoms with E-state index in [0.717, 1.165) is 6.42 Å². The number of carboxylic acids is 1. The van der Waals surface area contributed by atoms with Crippen molar-refractivity contribution in [2.24, 2.45) is 5.92 Å². The van der Waals surface area contributed by atoms with Crippen LogP contribution in [0.2, 0.25) is 0 Å². The van der Waals surface area contributed by atoms with E-state index in [2.05, 4.69) is 20.7 Å². The maximum absolute atomic E-state index is 12.4. The minimum absolute atomic E-state index is 0.0260. The van der Waals surface area contributed by atoms with Crippen molar-refractivity contribution in [1.82, 2.24) is 4.72 Å². The average Bonchev–Trinajstić information content (AvgIpc) is 2.91. The zero-order chi connectivity index (χ0) is 15.6. The lowest BCUT2D eigenvalue weighted by atomic mass is 10.0. The van der Waals surface area contributed by atoms with Gasteiger partial charge in [-0.05, 0) is 47.5 Å². The molecule has 8 heteroatoms. The van der Waals surface area contributed by atoms with Crippen molar-refractivity contribution in [3.63, 3.8) is 0 Å². The number of carbonyl (C=O) groups is 1. The van der Waals surface area contributed by atoms with Gasteiger partial charge in [0.1, 0.15) is 0 Å². The molecule has 0 saturated carbocycles. The number of benzene rings is 1. The van der Waals surface area contributed by atoms with E-state index in [1.807, 2.05) is 0 Å². The van der Waals surface area contributed by atoms with Gasteiger partial charge in [0.05, 0.1) is 17.1 Å². The summed E-state index contributed by atoms with van der Waals surface area (Å²) in [6.45, 7) is 2.99. The minimum Gasteiger partial charge on any atom is -0.478 e. The number of hydrogen-bond donors (Lipinski definition) is 2. The lowest BCUT2D eigenvalue weighted by Crippen LogP contribution is -2.38. The summed E-state index contributed by atoms with van der Waals surface area (Å²) in [6, 6.07) is 3.59. The van der Waals surface area contributed by atoms with Crippen molar-refractivity contribution in [1.29, 1.82) is 0 Å². The molecule has 0 radical (unpaired) electrons. The largest absolute Gasteiger partial charge is 0.478 e. The Labute approximate surface area is 131 Å². The molecule has 0 bridgehead atoms. The van der Waals surface area contributed by atoms with Crippen LogP contribution in [0.4, 0.5) is 0 Å². The van der Waals surface area contributed by atoms with E-state index in [1.54, 1.807) is 6.92 Å². The standard InChI is InChI=1S/C13H16BrNO5S/c1-8(10-4-5-20-7-10)15-21(18,19)12-3-2-9(13(16)17)6-11(12)14/h2-3,6,8,10,15H,4-5,7H2,1H3,(H,16,17). The van der Waals surface area contributed by atoms with Gasteiger partial charge in [-0.25, -0.2) is 17.9 Å². The third-order valence-electron chi connectivity index (χ3n) is 3.48. The molecule has 0 aromatic heterocycles. The second-order valence-electron chi connectivity index (χ2n) is 4.98. The highest BCUT2D eigenvalue weighted by Crippen LogP contribution is 2.25. The first-order chi connectivity index (χ1) is 9.81. The Morgan fingerprint density at radius 2 is 2.24 bits per heavy atom. The fraction of sp³-hybridized carbons (Fsp3) is 0.462. The Morgan fingerprint density at radius 1 is 1.52 bits per heavy atom. The molecule has 1 heterocycles. The van der Waals surface area contributed by atoms with Gasteiger partial charge < -0.3 is 9.84 Å². The van der Waals surface area contributed by atoms with Gasteiger partial charge in [-0.15, -0.1) is 0 Å². The number of nitrogens with one attached hydrogen (secondary N) is 1. The molecule has 2 N–H and O–H groups in total. The quantitative estimate of drug-likeness (QED) is 0.816. The Morgan fingerprint density at radius 3 is 2.76 bits per heavy atom. The monoisotopic (exact) mass is 377 g/mol. The van der Waals surface area contributed by atoms with Gasteiger partial charge in [0.2, 0.25) is 10.0 Å². The van der Waals surface area contributed by atoms with E-state index in [1.165, 1.54) is 18.2 Å². The van der Waals surface area contributed by atoms with Crippen molar-refractivity contribution in [2.75, 3.05) is 13.2 Å². The second kappa shape index (κ2) is 6.43. The third-order valence-corrected chi connectivity index (χ3v) is 6.02. The molecule has 21 heavy (non-hydrogen) atoms. The number of ether oxygens (including phenoxy) is 1. The highest BCUT2D eigenvalue weighted by molar-refractivity contribution is 9.10. The summed E-state index contributed by atoms with van der Waals surface area (Å²) < 4.78 is 32.8. The topological polar surface area (TPSA) is 92.7 Å². The lowest BCUT2D eigenvalue weighted by Gasteiger charge is -2.19. The number of sulfonamides is 1. The SMILES string of the molecule is CC(NS(=O)(=O)c1ccc(C(=O)O)cc1Br)C1CCOC1. The first-order valence-corrected chi connectivity index (χ1v) is 8.72. The molecule has 2 unspecified atom stereocenters. The third kappa shape index (κ3) is 3.82. The van der Waals surface area contributed by atoms with Crippen molar-refractivity contribution in [3.8, 4) is 0 Å². The van der Waals surface area contributed by atoms with Crippen LogP contribution in [0.5, 0.6) is 0 Å². The predicted octanol–water partition coefficient (Wildman–Crippen LogP) is 1.85. The zero-order valence-electron chi connectivity index (χ0n) is 11.4. The summed E-state index contributed by atoms with van der Waals surface area (Å²) in [5.41, 5.74) is 0.0260. The average molecular weight is 378 g/mol. The maximum atomic E-state index is 12.4. The van der Waals surface area contributed by atoms with Crippen LogP contribution in [0.3, 0.4) is 0 Å². The van der Waals surface area contributed by atoms with E-state index in [0.29, 0.717) is 13.2 Å². The van der Waals surface area contributed by atoms with Gasteiger partial charge in [0, 0.05) is 23.0 Å². The Hall–Kier alpha value is -0.960. The van der Waals surface area contributed by atoms with E-state index in [9.17, 15) is 13.2 Å². The molecule has 1 aromatic carbocycles. The zero-order valence-corrected chi connectivity index (χ0v) is 13.8. The van der Waals surface area contributed by atoms with Crippen LogP contribution in [0, 0.1) is 5.92 Å². The Balaban J connectivity index is 2.21. The van der Waals surface area contributed by atoms with E-state index < -0.39 is 16.0 Å². The van der Waals surface area contributed by atoms with Crippen molar-refractivity contribution in [3.05, 3.63) is 28.2 Å². The molecule has 1 fully saturated rings.